The van der Waals surface area contributed by atoms with Gasteiger partial charge in [-0.1, -0.05) is 0 Å². The summed E-state index contributed by atoms with van der Waals surface area (Å²) in [5.41, 5.74) is -1.20. The van der Waals surface area contributed by atoms with E-state index in [2.05, 4.69) is 0 Å². The Labute approximate surface area is 94.8 Å². The van der Waals surface area contributed by atoms with Crippen LogP contribution in [0.15, 0.2) is 11.6 Å². The summed E-state index contributed by atoms with van der Waals surface area (Å²) in [6.07, 6.45) is 1.28. The average molecular weight is 221 g/mol. The first kappa shape index (κ1) is 11.3. The maximum absolute atomic E-state index is 12.0. The maximum atomic E-state index is 12.0. The van der Waals surface area contributed by atoms with Crippen LogP contribution < -0.4 is 0 Å². The van der Waals surface area contributed by atoms with Crippen LogP contribution in [0.25, 0.3) is 0 Å². The van der Waals surface area contributed by atoms with Gasteiger partial charge >= 0.3 is 0 Å². The fourth-order valence-electron chi connectivity index (χ4n) is 2.61. The summed E-state index contributed by atoms with van der Waals surface area (Å²) in [5.74, 6) is -0.164. The molecule has 0 aromatic heterocycles. The van der Waals surface area contributed by atoms with E-state index in [1.165, 1.54) is 0 Å². The molecule has 0 aromatic rings. The van der Waals surface area contributed by atoms with Gasteiger partial charge in [0.15, 0.2) is 5.78 Å². The molecule has 0 bridgehead atoms. The molecule has 16 heavy (non-hydrogen) atoms. The number of rotatable bonds is 0. The minimum atomic E-state index is -0.713. The Hall–Kier alpha value is -1.18. The van der Waals surface area contributed by atoms with Crippen molar-refractivity contribution >= 4 is 5.78 Å². The molecule has 4 heteroatoms. The highest BCUT2D eigenvalue weighted by atomic mass is 16.6. The highest BCUT2D eigenvalue weighted by molar-refractivity contribution is 6.04. The van der Waals surface area contributed by atoms with Crippen molar-refractivity contribution in [2.45, 2.75) is 32.5 Å². The van der Waals surface area contributed by atoms with Crippen LogP contribution >= 0.6 is 0 Å². The number of carbonyl (C=O) groups excluding carboxylic acids is 1. The molecule has 0 aromatic carbocycles. The molecule has 0 amide bonds. The Kier molecular flexibility index (Phi) is 2.41. The fraction of sp³-hybridized carbons (Fsp3) is 0.667. The zero-order chi connectivity index (χ0) is 12.0. The van der Waals surface area contributed by atoms with Crippen molar-refractivity contribution in [1.82, 2.24) is 0 Å². The smallest absolute Gasteiger partial charge is 0.181 e. The summed E-state index contributed by atoms with van der Waals surface area (Å²) in [4.78, 5) is 12.0. The largest absolute Gasteiger partial charge is 0.371 e. The van der Waals surface area contributed by atoms with Gasteiger partial charge in [0.25, 0.3) is 0 Å². The lowest BCUT2D eigenvalue weighted by molar-refractivity contribution is -0.210. The number of hydrogen-bond acceptors (Lipinski definition) is 4. The summed E-state index contributed by atoms with van der Waals surface area (Å²) in [6.45, 7) is 6.45. The standard InChI is InChI=1S/C12H15NO3/c1-11(2)9(14)8(7-13)6-12(3)10(11)15-4-5-16-12/h6,10H,4-5H2,1-3H3/t10-,12-/m1/s1. The van der Waals surface area contributed by atoms with Crippen molar-refractivity contribution in [2.24, 2.45) is 5.41 Å². The monoisotopic (exact) mass is 221 g/mol. The lowest BCUT2D eigenvalue weighted by atomic mass is 9.67. The summed E-state index contributed by atoms with van der Waals surface area (Å²) < 4.78 is 11.3. The summed E-state index contributed by atoms with van der Waals surface area (Å²) in [6, 6.07) is 1.94. The normalized spacial score (nSPS) is 37.2. The topological polar surface area (TPSA) is 59.3 Å². The van der Waals surface area contributed by atoms with Gasteiger partial charge in [0, 0.05) is 0 Å². The van der Waals surface area contributed by atoms with Crippen LogP contribution in [0.4, 0.5) is 0 Å². The lowest BCUT2D eigenvalue weighted by Gasteiger charge is -2.48. The highest BCUT2D eigenvalue weighted by Gasteiger charge is 2.54. The first-order chi connectivity index (χ1) is 7.42. The van der Waals surface area contributed by atoms with E-state index in [-0.39, 0.29) is 17.5 Å². The number of ether oxygens (including phenoxy) is 2. The van der Waals surface area contributed by atoms with Crippen LogP contribution in [0.1, 0.15) is 20.8 Å². The third kappa shape index (κ3) is 1.40. The van der Waals surface area contributed by atoms with Crippen LogP contribution in [0.5, 0.6) is 0 Å². The van der Waals surface area contributed by atoms with Crippen molar-refractivity contribution < 1.29 is 14.3 Å². The van der Waals surface area contributed by atoms with Gasteiger partial charge in [-0.2, -0.15) is 5.26 Å². The second kappa shape index (κ2) is 3.41. The second-order valence-corrected chi connectivity index (χ2v) is 5.00. The Morgan fingerprint density at radius 1 is 1.44 bits per heavy atom. The fourth-order valence-corrected chi connectivity index (χ4v) is 2.61. The molecule has 0 spiro atoms. The molecule has 4 nitrogen and oxygen atoms in total. The van der Waals surface area contributed by atoms with Gasteiger partial charge in [0.1, 0.15) is 17.8 Å². The molecule has 0 saturated carbocycles. The van der Waals surface area contributed by atoms with Crippen LogP contribution in [0.3, 0.4) is 0 Å². The Morgan fingerprint density at radius 2 is 2.12 bits per heavy atom. The number of nitrogens with zero attached hydrogens (tertiary/aromatic N) is 1. The van der Waals surface area contributed by atoms with Gasteiger partial charge in [-0.05, 0) is 26.8 Å². The van der Waals surface area contributed by atoms with E-state index < -0.39 is 11.0 Å². The SMILES string of the molecule is CC1(C)C(=O)C(C#N)=C[C@@]2(C)OCCO[C@H]12. The molecule has 1 saturated heterocycles. The first-order valence-electron chi connectivity index (χ1n) is 5.35. The van der Waals surface area contributed by atoms with Gasteiger partial charge in [0.2, 0.25) is 0 Å². The third-order valence-electron chi connectivity index (χ3n) is 3.34. The maximum Gasteiger partial charge on any atom is 0.181 e. The van der Waals surface area contributed by atoms with Crippen molar-refractivity contribution in [3.63, 3.8) is 0 Å². The number of carbonyl (C=O) groups is 1. The highest BCUT2D eigenvalue weighted by Crippen LogP contribution is 2.43. The zero-order valence-electron chi connectivity index (χ0n) is 9.74. The molecule has 0 radical (unpaired) electrons. The van der Waals surface area contributed by atoms with Crippen molar-refractivity contribution in [2.75, 3.05) is 13.2 Å². The van der Waals surface area contributed by atoms with E-state index in [1.54, 1.807) is 19.9 Å². The molecule has 86 valence electrons. The number of nitriles is 1. The molecular weight excluding hydrogens is 206 g/mol. The molecule has 0 unspecified atom stereocenters. The Bertz CT molecular complexity index is 405. The van der Waals surface area contributed by atoms with Gasteiger partial charge < -0.3 is 9.47 Å². The van der Waals surface area contributed by atoms with E-state index in [1.807, 2.05) is 13.0 Å². The van der Waals surface area contributed by atoms with Gasteiger partial charge in [-0.3, -0.25) is 4.79 Å². The number of hydrogen-bond donors (Lipinski definition) is 0. The van der Waals surface area contributed by atoms with E-state index >= 15 is 0 Å². The quantitative estimate of drug-likeness (QED) is 0.617. The van der Waals surface area contributed by atoms with Gasteiger partial charge in [-0.15, -0.1) is 0 Å². The molecule has 2 rings (SSSR count). The van der Waals surface area contributed by atoms with Gasteiger partial charge in [-0.25, -0.2) is 0 Å². The second-order valence-electron chi connectivity index (χ2n) is 5.00. The van der Waals surface area contributed by atoms with E-state index in [4.69, 9.17) is 14.7 Å². The lowest BCUT2D eigenvalue weighted by Crippen LogP contribution is -2.59. The van der Waals surface area contributed by atoms with E-state index in [0.717, 1.165) is 0 Å². The average Bonchev–Trinajstić information content (AvgIpc) is 2.24. The minimum Gasteiger partial charge on any atom is -0.371 e. The van der Waals surface area contributed by atoms with Crippen LogP contribution in [0.2, 0.25) is 0 Å². The summed E-state index contributed by atoms with van der Waals surface area (Å²) in [5, 5.41) is 8.96. The predicted octanol–water partition coefficient (Wildman–Crippen LogP) is 1.22. The molecule has 1 aliphatic carbocycles. The number of ketones is 1. The van der Waals surface area contributed by atoms with Gasteiger partial charge in [0.05, 0.1) is 24.2 Å². The van der Waals surface area contributed by atoms with Crippen LogP contribution in [-0.2, 0) is 14.3 Å². The van der Waals surface area contributed by atoms with Crippen LogP contribution in [-0.4, -0.2) is 30.7 Å². The number of allylic oxidation sites excluding steroid dienone is 1. The van der Waals surface area contributed by atoms with E-state index in [0.29, 0.717) is 13.2 Å². The van der Waals surface area contributed by atoms with Crippen molar-refractivity contribution in [1.29, 1.82) is 5.26 Å². The molecule has 2 aliphatic rings. The predicted molar refractivity (Wildman–Crippen MR) is 56.6 cm³/mol. The molecule has 2 atom stereocenters. The zero-order valence-corrected chi connectivity index (χ0v) is 9.74. The van der Waals surface area contributed by atoms with Crippen LogP contribution in [0, 0.1) is 16.7 Å². The Balaban J connectivity index is 2.53. The molecule has 1 fully saturated rings. The van der Waals surface area contributed by atoms with Crippen molar-refractivity contribution in [3.05, 3.63) is 11.6 Å². The summed E-state index contributed by atoms with van der Waals surface area (Å²) >= 11 is 0. The van der Waals surface area contributed by atoms with E-state index in [9.17, 15) is 4.79 Å². The molecular formula is C12H15NO3. The number of fused-ring (bicyclic) bond motifs is 1. The van der Waals surface area contributed by atoms with Crippen molar-refractivity contribution in [3.8, 4) is 6.07 Å². The molecule has 1 aliphatic heterocycles. The third-order valence-corrected chi connectivity index (χ3v) is 3.34. The molecule has 0 N–H and O–H groups in total. The summed E-state index contributed by atoms with van der Waals surface area (Å²) in [7, 11) is 0. The number of Topliss-reactive ketones (excluding diaryl/α,β-unsaturated/α-hetero) is 1. The minimum absolute atomic E-state index is 0.164. The molecule has 1 heterocycles. The first-order valence-corrected chi connectivity index (χ1v) is 5.35. The Morgan fingerprint density at radius 3 is 2.75 bits per heavy atom.